The number of benzene rings is 2. The fraction of sp³-hybridized carbons (Fsp3) is 0.273. The number of anilines is 1. The van der Waals surface area contributed by atoms with Crippen molar-refractivity contribution in [3.63, 3.8) is 0 Å². The fourth-order valence-electron chi connectivity index (χ4n) is 2.82. The molecule has 0 aliphatic carbocycles. The highest BCUT2D eigenvalue weighted by molar-refractivity contribution is 6.07. The number of halogens is 3. The summed E-state index contributed by atoms with van der Waals surface area (Å²) >= 11 is 0. The highest BCUT2D eigenvalue weighted by Gasteiger charge is 2.43. The van der Waals surface area contributed by atoms with Gasteiger partial charge in [0.05, 0.1) is 17.3 Å². The van der Waals surface area contributed by atoms with Crippen LogP contribution in [0.25, 0.3) is 0 Å². The van der Waals surface area contributed by atoms with Gasteiger partial charge in [0.1, 0.15) is 6.04 Å². The number of rotatable bonds is 7. The van der Waals surface area contributed by atoms with Crippen molar-refractivity contribution in [2.75, 3.05) is 5.32 Å². The maximum absolute atomic E-state index is 12.5. The van der Waals surface area contributed by atoms with Crippen molar-refractivity contribution in [1.82, 2.24) is 5.32 Å². The van der Waals surface area contributed by atoms with Gasteiger partial charge < -0.3 is 21.1 Å². The number of nitrogens with one attached hydrogen (secondary N) is 2. The number of ether oxygens (including phenoxy) is 1. The van der Waals surface area contributed by atoms with Crippen LogP contribution in [0.3, 0.4) is 0 Å². The van der Waals surface area contributed by atoms with E-state index in [0.717, 1.165) is 5.56 Å². The number of hydrogen-bond donors (Lipinski definition) is 3. The zero-order chi connectivity index (χ0) is 24.8. The Balaban J connectivity index is 2.07. The Bertz CT molecular complexity index is 1040. The van der Waals surface area contributed by atoms with E-state index in [1.165, 1.54) is 32.0 Å². The minimum absolute atomic E-state index is 0.161. The second-order valence-electron chi connectivity index (χ2n) is 7.19. The summed E-state index contributed by atoms with van der Waals surface area (Å²) in [5, 5.41) is 4.79. The monoisotopic (exact) mass is 465 g/mol. The maximum Gasteiger partial charge on any atom is 0.491 e. The number of aryl methyl sites for hydroxylation is 1. The molecule has 0 saturated heterocycles. The molecule has 0 spiro atoms. The Morgan fingerprint density at radius 2 is 1.64 bits per heavy atom. The molecule has 0 heterocycles. The van der Waals surface area contributed by atoms with Crippen molar-refractivity contribution >= 4 is 29.4 Å². The molecule has 176 valence electrons. The van der Waals surface area contributed by atoms with E-state index in [9.17, 15) is 32.3 Å². The largest absolute Gasteiger partial charge is 0.491 e. The van der Waals surface area contributed by atoms with E-state index >= 15 is 0 Å². The minimum Gasteiger partial charge on any atom is -0.383 e. The topological polar surface area (TPSA) is 128 Å². The minimum atomic E-state index is -5.36. The predicted molar refractivity (Wildman–Crippen MR) is 112 cm³/mol. The van der Waals surface area contributed by atoms with Gasteiger partial charge in [0.2, 0.25) is 11.8 Å². The maximum atomic E-state index is 12.5. The number of alkyl halides is 3. The predicted octanol–water partition coefficient (Wildman–Crippen LogP) is 2.25. The van der Waals surface area contributed by atoms with Gasteiger partial charge >= 0.3 is 18.1 Å². The Morgan fingerprint density at radius 1 is 1.00 bits per heavy atom. The van der Waals surface area contributed by atoms with E-state index in [1.54, 1.807) is 24.3 Å². The summed E-state index contributed by atoms with van der Waals surface area (Å²) in [6, 6.07) is 11.0. The molecule has 2 unspecified atom stereocenters. The molecular weight excluding hydrogens is 443 g/mol. The first-order chi connectivity index (χ1) is 15.4. The molecule has 0 aliphatic heterocycles. The molecule has 0 fully saturated rings. The lowest BCUT2D eigenvalue weighted by Gasteiger charge is -2.19. The summed E-state index contributed by atoms with van der Waals surface area (Å²) in [6.45, 7) is 2.75. The summed E-state index contributed by atoms with van der Waals surface area (Å²) in [5.74, 6) is -5.62. The summed E-state index contributed by atoms with van der Waals surface area (Å²) in [4.78, 5) is 48.0. The second kappa shape index (κ2) is 10.7. The third-order valence-corrected chi connectivity index (χ3v) is 4.54. The number of esters is 2. The lowest BCUT2D eigenvalue weighted by molar-refractivity contribution is -0.193. The molecule has 8 nitrogen and oxygen atoms in total. The van der Waals surface area contributed by atoms with Crippen LogP contribution in [0.1, 0.15) is 28.4 Å². The van der Waals surface area contributed by atoms with Gasteiger partial charge in [-0.05, 0) is 37.5 Å². The summed E-state index contributed by atoms with van der Waals surface area (Å²) in [5.41, 5.74) is 6.26. The van der Waals surface area contributed by atoms with Crippen LogP contribution in [0, 0.1) is 6.92 Å². The van der Waals surface area contributed by atoms with Gasteiger partial charge in [-0.25, -0.2) is 9.59 Å². The first kappa shape index (κ1) is 25.5. The Hall–Kier alpha value is -3.73. The molecule has 0 bridgehead atoms. The highest BCUT2D eigenvalue weighted by atomic mass is 19.4. The van der Waals surface area contributed by atoms with Crippen LogP contribution in [0.2, 0.25) is 0 Å². The van der Waals surface area contributed by atoms with Crippen LogP contribution in [0.5, 0.6) is 0 Å². The second-order valence-corrected chi connectivity index (χ2v) is 7.19. The van der Waals surface area contributed by atoms with Crippen LogP contribution in [-0.2, 0) is 25.5 Å². The SMILES string of the molecule is Cc1cccc(NC(=O)C(C)NC(=O)C(N)Cc2ccccc2)c1C(=O)OC(=O)C(F)(F)F. The fourth-order valence-corrected chi connectivity index (χ4v) is 2.82. The number of carbonyl (C=O) groups excluding carboxylic acids is 4. The Kier molecular flexibility index (Phi) is 8.30. The van der Waals surface area contributed by atoms with Crippen LogP contribution < -0.4 is 16.4 Å². The van der Waals surface area contributed by atoms with E-state index in [0.29, 0.717) is 0 Å². The third-order valence-electron chi connectivity index (χ3n) is 4.54. The molecule has 2 aromatic rings. The van der Waals surface area contributed by atoms with E-state index in [-0.39, 0.29) is 17.7 Å². The third kappa shape index (κ3) is 7.14. The van der Waals surface area contributed by atoms with Crippen LogP contribution in [0.4, 0.5) is 18.9 Å². The van der Waals surface area contributed by atoms with E-state index in [4.69, 9.17) is 5.73 Å². The Morgan fingerprint density at radius 3 is 2.24 bits per heavy atom. The summed E-state index contributed by atoms with van der Waals surface area (Å²) in [7, 11) is 0. The number of hydrogen-bond acceptors (Lipinski definition) is 6. The lowest BCUT2D eigenvalue weighted by Crippen LogP contribution is -2.49. The molecule has 0 aliphatic rings. The standard InChI is InChI=1S/C22H22F3N3O5/c1-12-7-6-10-16(17(12)20(31)33-21(32)22(23,24)25)28-18(29)13(2)27-19(30)15(26)11-14-8-4-3-5-9-14/h3-10,13,15H,11,26H2,1-2H3,(H,27,30)(H,28,29). The smallest absolute Gasteiger partial charge is 0.383 e. The number of amides is 2. The molecule has 0 radical (unpaired) electrons. The molecule has 2 rings (SSSR count). The first-order valence-corrected chi connectivity index (χ1v) is 9.73. The van der Waals surface area contributed by atoms with Crippen LogP contribution in [-0.4, -0.2) is 42.0 Å². The molecule has 2 amide bonds. The molecule has 0 saturated carbocycles. The van der Waals surface area contributed by atoms with Crippen molar-refractivity contribution in [2.24, 2.45) is 5.73 Å². The highest BCUT2D eigenvalue weighted by Crippen LogP contribution is 2.23. The van der Waals surface area contributed by atoms with Gasteiger partial charge in [0, 0.05) is 0 Å². The molecule has 4 N–H and O–H groups in total. The summed E-state index contributed by atoms with van der Waals surface area (Å²) < 4.78 is 41.1. The lowest BCUT2D eigenvalue weighted by atomic mass is 10.1. The van der Waals surface area contributed by atoms with Crippen LogP contribution >= 0.6 is 0 Å². The van der Waals surface area contributed by atoms with Gasteiger partial charge in [-0.15, -0.1) is 0 Å². The number of nitrogens with two attached hydrogens (primary N) is 1. The van der Waals surface area contributed by atoms with Gasteiger partial charge in [-0.1, -0.05) is 42.5 Å². The van der Waals surface area contributed by atoms with Crippen molar-refractivity contribution in [2.45, 2.75) is 38.5 Å². The van der Waals surface area contributed by atoms with E-state index < -0.39 is 47.6 Å². The van der Waals surface area contributed by atoms with Crippen molar-refractivity contribution in [3.05, 3.63) is 65.2 Å². The Labute approximate surface area is 187 Å². The molecular formula is C22H22F3N3O5. The quantitative estimate of drug-likeness (QED) is 0.425. The molecule has 0 aromatic heterocycles. The zero-order valence-corrected chi connectivity index (χ0v) is 17.7. The van der Waals surface area contributed by atoms with Crippen molar-refractivity contribution in [1.29, 1.82) is 0 Å². The van der Waals surface area contributed by atoms with Crippen molar-refractivity contribution in [3.8, 4) is 0 Å². The van der Waals surface area contributed by atoms with Gasteiger partial charge in [0.15, 0.2) is 0 Å². The van der Waals surface area contributed by atoms with E-state index in [2.05, 4.69) is 15.4 Å². The zero-order valence-electron chi connectivity index (χ0n) is 17.7. The normalized spacial score (nSPS) is 12.9. The summed E-state index contributed by atoms with van der Waals surface area (Å²) in [6.07, 6.45) is -5.12. The molecule has 11 heteroatoms. The first-order valence-electron chi connectivity index (χ1n) is 9.73. The molecule has 2 aromatic carbocycles. The average Bonchev–Trinajstić information content (AvgIpc) is 2.73. The van der Waals surface area contributed by atoms with E-state index in [1.807, 2.05) is 6.07 Å². The molecule has 2 atom stereocenters. The molecule has 33 heavy (non-hydrogen) atoms. The van der Waals surface area contributed by atoms with Gasteiger partial charge in [-0.2, -0.15) is 13.2 Å². The van der Waals surface area contributed by atoms with Crippen molar-refractivity contribution < 1.29 is 37.1 Å². The average molecular weight is 465 g/mol. The van der Waals surface area contributed by atoms with Crippen LogP contribution in [0.15, 0.2) is 48.5 Å². The number of carbonyl (C=O) groups is 4. The van der Waals surface area contributed by atoms with Gasteiger partial charge in [-0.3, -0.25) is 9.59 Å². The van der Waals surface area contributed by atoms with Gasteiger partial charge in [0.25, 0.3) is 0 Å².